The van der Waals surface area contributed by atoms with Gasteiger partial charge in [-0.3, -0.25) is 10.1 Å². The van der Waals surface area contributed by atoms with Crippen LogP contribution in [0.4, 0.5) is 5.69 Å². The molecule has 0 bridgehead atoms. The number of nitro benzene ring substituents is 1. The van der Waals surface area contributed by atoms with Crippen molar-refractivity contribution in [3.63, 3.8) is 0 Å². The van der Waals surface area contributed by atoms with Gasteiger partial charge >= 0.3 is 0 Å². The Hall–Kier alpha value is -2.67. The van der Waals surface area contributed by atoms with Crippen LogP contribution in [-0.4, -0.2) is 4.92 Å². The molecule has 0 spiro atoms. The number of non-ortho nitro benzene ring substituents is 1. The third kappa shape index (κ3) is 2.27. The lowest BCUT2D eigenvalue weighted by Crippen LogP contribution is -2.38. The van der Waals surface area contributed by atoms with Crippen molar-refractivity contribution in [3.05, 3.63) is 75.8 Å². The summed E-state index contributed by atoms with van der Waals surface area (Å²) < 4.78 is 0. The van der Waals surface area contributed by atoms with Gasteiger partial charge in [0.05, 0.1) is 16.4 Å². The Bertz CT molecular complexity index is 713. The van der Waals surface area contributed by atoms with E-state index >= 15 is 0 Å². The number of nitro groups is 1. The third-order valence-corrected chi connectivity index (χ3v) is 4.28. The highest BCUT2D eigenvalue weighted by molar-refractivity contribution is 5.45. The minimum Gasteiger partial charge on any atom is -0.258 e. The maximum absolute atomic E-state index is 10.9. The molecule has 0 radical (unpaired) electrons. The second-order valence-electron chi connectivity index (χ2n) is 5.52. The van der Waals surface area contributed by atoms with Crippen molar-refractivity contribution in [1.29, 1.82) is 5.26 Å². The second-order valence-corrected chi connectivity index (χ2v) is 5.52. The first-order chi connectivity index (χ1) is 10.1. The van der Waals surface area contributed by atoms with Crippen LogP contribution in [0.15, 0.2) is 54.6 Å². The minimum absolute atomic E-state index is 0.0466. The smallest absolute Gasteiger partial charge is 0.258 e. The number of hydrogen-bond acceptors (Lipinski definition) is 3. The van der Waals surface area contributed by atoms with E-state index in [1.807, 2.05) is 24.3 Å². The van der Waals surface area contributed by atoms with E-state index in [1.54, 1.807) is 6.07 Å². The van der Waals surface area contributed by atoms with Crippen LogP contribution in [0.5, 0.6) is 0 Å². The average molecular weight is 278 g/mol. The van der Waals surface area contributed by atoms with Gasteiger partial charge in [0.25, 0.3) is 5.69 Å². The van der Waals surface area contributed by atoms with Crippen LogP contribution in [0, 0.1) is 21.4 Å². The molecule has 0 aromatic heterocycles. The van der Waals surface area contributed by atoms with E-state index in [0.717, 1.165) is 5.56 Å². The Morgan fingerprint density at radius 2 is 1.86 bits per heavy atom. The van der Waals surface area contributed by atoms with E-state index in [0.29, 0.717) is 18.8 Å². The van der Waals surface area contributed by atoms with E-state index in [-0.39, 0.29) is 5.69 Å². The molecule has 2 aromatic carbocycles. The van der Waals surface area contributed by atoms with Crippen molar-refractivity contribution in [2.75, 3.05) is 0 Å². The molecule has 2 aromatic rings. The van der Waals surface area contributed by atoms with Gasteiger partial charge in [0.1, 0.15) is 0 Å². The molecular weight excluding hydrogens is 264 g/mol. The van der Waals surface area contributed by atoms with Crippen LogP contribution in [0.25, 0.3) is 0 Å². The molecule has 0 saturated heterocycles. The van der Waals surface area contributed by atoms with Crippen LogP contribution in [0.3, 0.4) is 0 Å². The highest BCUT2D eigenvalue weighted by atomic mass is 16.6. The van der Waals surface area contributed by atoms with Gasteiger partial charge in [-0.2, -0.15) is 5.26 Å². The molecule has 21 heavy (non-hydrogen) atoms. The van der Waals surface area contributed by atoms with Crippen LogP contribution in [0.1, 0.15) is 29.9 Å². The first-order valence-corrected chi connectivity index (χ1v) is 6.86. The fourth-order valence-corrected chi connectivity index (χ4v) is 3.05. The molecule has 0 aliphatic heterocycles. The summed E-state index contributed by atoms with van der Waals surface area (Å²) in [5.74, 6) is 0.352. The first-order valence-electron chi connectivity index (χ1n) is 6.86. The summed E-state index contributed by atoms with van der Waals surface area (Å²) in [4.78, 5) is 10.5. The highest BCUT2D eigenvalue weighted by Crippen LogP contribution is 2.52. The summed E-state index contributed by atoms with van der Waals surface area (Å²) in [6, 6.07) is 18.9. The van der Waals surface area contributed by atoms with E-state index in [4.69, 9.17) is 0 Å². The summed E-state index contributed by atoms with van der Waals surface area (Å²) in [5.41, 5.74) is 1.44. The Kier molecular flexibility index (Phi) is 3.19. The van der Waals surface area contributed by atoms with Crippen molar-refractivity contribution in [1.82, 2.24) is 0 Å². The van der Waals surface area contributed by atoms with Crippen molar-refractivity contribution in [2.45, 2.75) is 24.2 Å². The van der Waals surface area contributed by atoms with E-state index in [1.165, 1.54) is 17.7 Å². The van der Waals surface area contributed by atoms with E-state index in [2.05, 4.69) is 18.2 Å². The lowest BCUT2D eigenvalue weighted by Gasteiger charge is -2.43. The summed E-state index contributed by atoms with van der Waals surface area (Å²) >= 11 is 0. The number of nitriles is 1. The normalized spacial score (nSPS) is 23.9. The van der Waals surface area contributed by atoms with Crippen LogP contribution in [0.2, 0.25) is 0 Å². The van der Waals surface area contributed by atoms with Crippen molar-refractivity contribution in [2.24, 2.45) is 0 Å². The van der Waals surface area contributed by atoms with E-state index in [9.17, 15) is 15.4 Å². The minimum atomic E-state index is -0.591. The standard InChI is InChI=1S/C17H14N2O2/c18-12-17(15-7-4-8-16(9-15)19(20)21)10-14(11-17)13-5-2-1-3-6-13/h1-9,14H,10-11H2. The maximum atomic E-state index is 10.9. The molecule has 1 aliphatic carbocycles. The summed E-state index contributed by atoms with van der Waals surface area (Å²) in [6.45, 7) is 0. The average Bonchev–Trinajstić information content (AvgIpc) is 2.48. The molecule has 0 atom stereocenters. The molecule has 1 saturated carbocycles. The molecule has 1 fully saturated rings. The molecule has 4 heteroatoms. The number of hydrogen-bond donors (Lipinski definition) is 0. The predicted octanol–water partition coefficient (Wildman–Crippen LogP) is 3.93. The van der Waals surface area contributed by atoms with Crippen molar-refractivity contribution in [3.8, 4) is 6.07 Å². The zero-order chi connectivity index (χ0) is 14.9. The molecule has 0 amide bonds. The maximum Gasteiger partial charge on any atom is 0.269 e. The van der Waals surface area contributed by atoms with Gasteiger partial charge in [-0.15, -0.1) is 0 Å². The van der Waals surface area contributed by atoms with Crippen molar-refractivity contribution >= 4 is 5.69 Å². The number of nitrogens with zero attached hydrogens (tertiary/aromatic N) is 2. The van der Waals surface area contributed by atoms with Gasteiger partial charge in [-0.1, -0.05) is 42.5 Å². The molecule has 4 nitrogen and oxygen atoms in total. The molecule has 1 aliphatic rings. The largest absolute Gasteiger partial charge is 0.269 e. The zero-order valence-corrected chi connectivity index (χ0v) is 11.4. The molecular formula is C17H14N2O2. The SMILES string of the molecule is N#CC1(c2cccc([N+](=O)[O-])c2)CC(c2ccccc2)C1. The van der Waals surface area contributed by atoms with Gasteiger partial charge in [0.15, 0.2) is 0 Å². The van der Waals surface area contributed by atoms with Crippen molar-refractivity contribution < 1.29 is 4.92 Å². The number of benzene rings is 2. The topological polar surface area (TPSA) is 66.9 Å². The van der Waals surface area contributed by atoms with Gasteiger partial charge in [-0.05, 0) is 29.9 Å². The van der Waals surface area contributed by atoms with Crippen LogP contribution < -0.4 is 0 Å². The predicted molar refractivity (Wildman–Crippen MR) is 78.8 cm³/mol. The Morgan fingerprint density at radius 1 is 1.14 bits per heavy atom. The monoisotopic (exact) mass is 278 g/mol. The van der Waals surface area contributed by atoms with E-state index < -0.39 is 10.3 Å². The Morgan fingerprint density at radius 3 is 2.48 bits per heavy atom. The first kappa shape index (κ1) is 13.3. The quantitative estimate of drug-likeness (QED) is 0.631. The Labute approximate surface area is 122 Å². The van der Waals surface area contributed by atoms with Gasteiger partial charge < -0.3 is 0 Å². The summed E-state index contributed by atoms with van der Waals surface area (Å²) in [6.07, 6.45) is 1.43. The highest BCUT2D eigenvalue weighted by Gasteiger charge is 2.46. The fourth-order valence-electron chi connectivity index (χ4n) is 3.05. The molecule has 3 rings (SSSR count). The van der Waals surface area contributed by atoms with Gasteiger partial charge in [0.2, 0.25) is 0 Å². The zero-order valence-electron chi connectivity index (χ0n) is 11.4. The molecule has 0 N–H and O–H groups in total. The van der Waals surface area contributed by atoms with Crippen LogP contribution >= 0.6 is 0 Å². The van der Waals surface area contributed by atoms with Crippen LogP contribution in [-0.2, 0) is 5.41 Å². The molecule has 0 unspecified atom stereocenters. The lowest BCUT2D eigenvalue weighted by molar-refractivity contribution is -0.385. The molecule has 104 valence electrons. The Balaban J connectivity index is 1.86. The molecule has 0 heterocycles. The van der Waals surface area contributed by atoms with Gasteiger partial charge in [0, 0.05) is 12.1 Å². The number of rotatable bonds is 3. The third-order valence-electron chi connectivity index (χ3n) is 4.28. The lowest BCUT2D eigenvalue weighted by atomic mass is 9.58. The second kappa shape index (κ2) is 5.02. The fraction of sp³-hybridized carbons (Fsp3) is 0.235. The summed E-state index contributed by atoms with van der Waals surface area (Å²) in [5, 5.41) is 20.4. The van der Waals surface area contributed by atoms with Gasteiger partial charge in [-0.25, -0.2) is 0 Å². The summed E-state index contributed by atoms with van der Waals surface area (Å²) in [7, 11) is 0.